The molecule has 0 aliphatic carbocycles. The summed E-state index contributed by atoms with van der Waals surface area (Å²) < 4.78 is 5.50. The normalized spacial score (nSPS) is 29.1. The number of nitrogens with zero attached hydrogens (tertiary/aromatic N) is 1. The highest BCUT2D eigenvalue weighted by molar-refractivity contribution is 5.81. The largest absolute Gasteiger partial charge is 0.368 e. The van der Waals surface area contributed by atoms with Gasteiger partial charge in [0.05, 0.1) is 0 Å². The van der Waals surface area contributed by atoms with E-state index in [2.05, 4.69) is 0 Å². The predicted octanol–water partition coefficient (Wildman–Crippen LogP) is 0.505. The van der Waals surface area contributed by atoms with E-state index in [0.717, 1.165) is 51.8 Å². The minimum Gasteiger partial charge on any atom is -0.368 e. The highest BCUT2D eigenvalue weighted by Crippen LogP contribution is 2.17. The molecule has 1 unspecified atom stereocenters. The molecule has 0 spiro atoms. The van der Waals surface area contributed by atoms with Crippen molar-refractivity contribution in [3.8, 4) is 0 Å². The molecular weight excluding hydrogens is 192 g/mol. The van der Waals surface area contributed by atoms with Crippen LogP contribution < -0.4 is 5.73 Å². The summed E-state index contributed by atoms with van der Waals surface area (Å²) in [5.74, 6) is 0.182. The van der Waals surface area contributed by atoms with Crippen molar-refractivity contribution in [1.82, 2.24) is 4.90 Å². The molecule has 2 saturated heterocycles. The van der Waals surface area contributed by atoms with Crippen LogP contribution >= 0.6 is 0 Å². The first kappa shape index (κ1) is 10.9. The standard InChI is InChI=1S/C11H20N2O2/c12-9-4-6-13(7-5-9)11(14)10-3-1-2-8-15-10/h9-10H,1-8,12H2. The van der Waals surface area contributed by atoms with Crippen LogP contribution in [0.2, 0.25) is 0 Å². The summed E-state index contributed by atoms with van der Waals surface area (Å²) in [5, 5.41) is 0. The van der Waals surface area contributed by atoms with Crippen molar-refractivity contribution < 1.29 is 9.53 Å². The molecule has 2 heterocycles. The Hall–Kier alpha value is -0.610. The molecule has 2 rings (SSSR count). The molecule has 0 bridgehead atoms. The van der Waals surface area contributed by atoms with Gasteiger partial charge in [-0.05, 0) is 32.1 Å². The van der Waals surface area contributed by atoms with Gasteiger partial charge in [-0.3, -0.25) is 4.79 Å². The molecule has 86 valence electrons. The lowest BCUT2D eigenvalue weighted by Gasteiger charge is -2.33. The van der Waals surface area contributed by atoms with E-state index < -0.39 is 0 Å². The molecule has 0 radical (unpaired) electrons. The van der Waals surface area contributed by atoms with Gasteiger partial charge < -0.3 is 15.4 Å². The molecule has 15 heavy (non-hydrogen) atoms. The Kier molecular flexibility index (Phi) is 3.59. The average molecular weight is 212 g/mol. The molecule has 2 N–H and O–H groups in total. The van der Waals surface area contributed by atoms with Crippen molar-refractivity contribution in [2.24, 2.45) is 5.73 Å². The average Bonchev–Trinajstić information content (AvgIpc) is 2.30. The van der Waals surface area contributed by atoms with Gasteiger partial charge >= 0.3 is 0 Å². The lowest BCUT2D eigenvalue weighted by atomic mass is 10.0. The number of ether oxygens (including phenoxy) is 1. The lowest BCUT2D eigenvalue weighted by molar-refractivity contribution is -0.147. The van der Waals surface area contributed by atoms with Crippen molar-refractivity contribution in [2.75, 3.05) is 19.7 Å². The van der Waals surface area contributed by atoms with Crippen LogP contribution in [0.25, 0.3) is 0 Å². The number of rotatable bonds is 1. The Morgan fingerprint density at radius 1 is 1.20 bits per heavy atom. The van der Waals surface area contributed by atoms with Crippen LogP contribution in [0.5, 0.6) is 0 Å². The van der Waals surface area contributed by atoms with Gasteiger partial charge in [-0.1, -0.05) is 0 Å². The second kappa shape index (κ2) is 4.94. The Bertz CT molecular complexity index is 219. The molecule has 4 heteroatoms. The third-order valence-electron chi connectivity index (χ3n) is 3.31. The van der Waals surface area contributed by atoms with Crippen molar-refractivity contribution in [3.05, 3.63) is 0 Å². The van der Waals surface area contributed by atoms with E-state index in [0.29, 0.717) is 0 Å². The fourth-order valence-corrected chi connectivity index (χ4v) is 2.26. The number of hydrogen-bond acceptors (Lipinski definition) is 3. The zero-order valence-electron chi connectivity index (χ0n) is 9.15. The fourth-order valence-electron chi connectivity index (χ4n) is 2.26. The third-order valence-corrected chi connectivity index (χ3v) is 3.31. The van der Waals surface area contributed by atoms with Crippen LogP contribution in [-0.2, 0) is 9.53 Å². The van der Waals surface area contributed by atoms with Gasteiger partial charge in [0.25, 0.3) is 5.91 Å². The summed E-state index contributed by atoms with van der Waals surface area (Å²) in [4.78, 5) is 13.9. The first-order chi connectivity index (χ1) is 7.27. The highest BCUT2D eigenvalue weighted by atomic mass is 16.5. The third kappa shape index (κ3) is 2.69. The SMILES string of the molecule is NC1CCN(C(=O)C2CCCCO2)CC1. The first-order valence-corrected chi connectivity index (χ1v) is 5.93. The summed E-state index contributed by atoms with van der Waals surface area (Å²) in [5.41, 5.74) is 5.81. The van der Waals surface area contributed by atoms with E-state index in [4.69, 9.17) is 10.5 Å². The van der Waals surface area contributed by atoms with Gasteiger partial charge in [-0.2, -0.15) is 0 Å². The second-order valence-corrected chi connectivity index (χ2v) is 4.52. The number of nitrogens with two attached hydrogens (primary N) is 1. The highest BCUT2D eigenvalue weighted by Gasteiger charge is 2.28. The zero-order chi connectivity index (χ0) is 10.7. The summed E-state index contributed by atoms with van der Waals surface area (Å²) in [6.45, 7) is 2.35. The summed E-state index contributed by atoms with van der Waals surface area (Å²) in [6.07, 6.45) is 4.78. The van der Waals surface area contributed by atoms with Crippen LogP contribution in [0.15, 0.2) is 0 Å². The van der Waals surface area contributed by atoms with Crippen LogP contribution in [0.4, 0.5) is 0 Å². The summed E-state index contributed by atoms with van der Waals surface area (Å²) >= 11 is 0. The molecule has 2 aliphatic rings. The molecule has 0 saturated carbocycles. The van der Waals surface area contributed by atoms with E-state index in [1.54, 1.807) is 0 Å². The smallest absolute Gasteiger partial charge is 0.251 e. The fraction of sp³-hybridized carbons (Fsp3) is 0.909. The van der Waals surface area contributed by atoms with Gasteiger partial charge in [-0.25, -0.2) is 0 Å². The predicted molar refractivity (Wildman–Crippen MR) is 57.4 cm³/mol. The number of carbonyl (C=O) groups excluding carboxylic acids is 1. The Morgan fingerprint density at radius 3 is 2.53 bits per heavy atom. The van der Waals surface area contributed by atoms with E-state index in [-0.39, 0.29) is 18.1 Å². The second-order valence-electron chi connectivity index (χ2n) is 4.52. The van der Waals surface area contributed by atoms with Gasteiger partial charge in [0.15, 0.2) is 0 Å². The van der Waals surface area contributed by atoms with Crippen LogP contribution in [0.3, 0.4) is 0 Å². The van der Waals surface area contributed by atoms with Gasteiger partial charge in [-0.15, -0.1) is 0 Å². The summed E-state index contributed by atoms with van der Waals surface area (Å²) in [6, 6.07) is 0.279. The number of hydrogen-bond donors (Lipinski definition) is 1. The van der Waals surface area contributed by atoms with Gasteiger partial charge in [0.1, 0.15) is 6.10 Å². The number of likely N-dealkylation sites (tertiary alicyclic amines) is 1. The molecule has 1 amide bonds. The maximum atomic E-state index is 12.0. The summed E-state index contributed by atoms with van der Waals surface area (Å²) in [7, 11) is 0. The van der Waals surface area contributed by atoms with E-state index in [9.17, 15) is 4.79 Å². The molecule has 0 aromatic rings. The van der Waals surface area contributed by atoms with Crippen molar-refractivity contribution in [2.45, 2.75) is 44.2 Å². The maximum absolute atomic E-state index is 12.0. The molecule has 1 atom stereocenters. The van der Waals surface area contributed by atoms with Crippen LogP contribution in [-0.4, -0.2) is 42.6 Å². The molecule has 2 aliphatic heterocycles. The minimum absolute atomic E-state index is 0.173. The van der Waals surface area contributed by atoms with Crippen LogP contribution in [0.1, 0.15) is 32.1 Å². The lowest BCUT2D eigenvalue weighted by Crippen LogP contribution is -2.48. The van der Waals surface area contributed by atoms with Gasteiger partial charge in [0.2, 0.25) is 0 Å². The zero-order valence-corrected chi connectivity index (χ0v) is 9.15. The number of amides is 1. The van der Waals surface area contributed by atoms with Crippen molar-refractivity contribution >= 4 is 5.91 Å². The number of piperidine rings is 1. The number of carbonyl (C=O) groups is 1. The Balaban J connectivity index is 1.84. The molecule has 4 nitrogen and oxygen atoms in total. The molecule has 0 aromatic carbocycles. The van der Waals surface area contributed by atoms with Gasteiger partial charge in [0, 0.05) is 25.7 Å². The Morgan fingerprint density at radius 2 is 1.93 bits per heavy atom. The topological polar surface area (TPSA) is 55.6 Å². The maximum Gasteiger partial charge on any atom is 0.251 e. The van der Waals surface area contributed by atoms with E-state index >= 15 is 0 Å². The van der Waals surface area contributed by atoms with E-state index in [1.165, 1.54) is 0 Å². The van der Waals surface area contributed by atoms with Crippen LogP contribution in [0, 0.1) is 0 Å². The van der Waals surface area contributed by atoms with E-state index in [1.807, 2.05) is 4.90 Å². The van der Waals surface area contributed by atoms with Crippen molar-refractivity contribution in [3.63, 3.8) is 0 Å². The van der Waals surface area contributed by atoms with Crippen molar-refractivity contribution in [1.29, 1.82) is 0 Å². The monoisotopic (exact) mass is 212 g/mol. The molecular formula is C11H20N2O2. The first-order valence-electron chi connectivity index (χ1n) is 5.93. The molecule has 0 aromatic heterocycles. The Labute approximate surface area is 90.8 Å². The molecule has 2 fully saturated rings. The minimum atomic E-state index is -0.173. The quantitative estimate of drug-likeness (QED) is 0.689.